The van der Waals surface area contributed by atoms with Crippen molar-refractivity contribution in [3.05, 3.63) is 0 Å². The van der Waals surface area contributed by atoms with Gasteiger partial charge in [0.15, 0.2) is 0 Å². The van der Waals surface area contributed by atoms with E-state index in [1.165, 1.54) is 57.8 Å². The minimum Gasteiger partial charge on any atom is -0.169 e. The Morgan fingerprint density at radius 1 is 0.550 bits per heavy atom. The average molecular weight is 290 g/mol. The van der Waals surface area contributed by atoms with Gasteiger partial charge in [-0.05, 0) is 6.71 Å². The quantitative estimate of drug-likeness (QED) is 0.477. The van der Waals surface area contributed by atoms with Crippen LogP contribution in [0.1, 0.15) is 99.3 Å². The Hall–Kier alpha value is 1.06. The topological polar surface area (TPSA) is 0 Å². The third-order valence-electron chi connectivity index (χ3n) is 5.82. The Morgan fingerprint density at radius 2 is 0.800 bits per heavy atom. The monoisotopic (exact) mass is 290 g/mol. The molecule has 116 valence electrons. The molecule has 0 aliphatic heterocycles. The van der Waals surface area contributed by atoms with Crippen LogP contribution in [0.3, 0.4) is 0 Å². The zero-order valence-corrected chi connectivity index (χ0v) is 17.8. The fourth-order valence-corrected chi connectivity index (χ4v) is 4.96. The smallest absolute Gasteiger partial charge is 0.169 e. The van der Waals surface area contributed by atoms with Crippen molar-refractivity contribution in [2.45, 2.75) is 117 Å². The molecule has 0 aromatic heterocycles. The van der Waals surface area contributed by atoms with Crippen molar-refractivity contribution in [2.24, 2.45) is 0 Å². The van der Waals surface area contributed by atoms with E-state index < -0.39 is 0 Å². The molecule has 0 aromatic rings. The minimum absolute atomic E-state index is 0. The molecule has 0 aliphatic rings. The van der Waals surface area contributed by atoms with Crippen LogP contribution in [-0.2, 0) is 0 Å². The molecule has 0 aromatic carbocycles. The molecule has 0 amide bonds. The van der Waals surface area contributed by atoms with Gasteiger partial charge in [0.25, 0.3) is 0 Å². The van der Waals surface area contributed by atoms with Gasteiger partial charge >= 0.3 is 29.6 Å². The Bertz CT molecular complexity index is 163. The van der Waals surface area contributed by atoms with Gasteiger partial charge in [-0.15, -0.1) is 0 Å². The molecule has 0 bridgehead atoms. The third kappa shape index (κ3) is 7.90. The zero-order valence-electron chi connectivity index (χ0n) is 15.8. The van der Waals surface area contributed by atoms with Crippen LogP contribution in [-0.4, -0.2) is 6.71 Å². The van der Waals surface area contributed by atoms with Crippen LogP contribution in [0.5, 0.6) is 0 Å². The van der Waals surface area contributed by atoms with Gasteiger partial charge in [0.2, 0.25) is 0 Å². The first-order chi connectivity index (χ1) is 9.19. The van der Waals surface area contributed by atoms with Crippen LogP contribution in [0.4, 0.5) is 0 Å². The molecule has 20 heavy (non-hydrogen) atoms. The van der Waals surface area contributed by atoms with Crippen LogP contribution < -0.4 is 29.6 Å². The van der Waals surface area contributed by atoms with Crippen LogP contribution in [0, 0.1) is 0 Å². The van der Waals surface area contributed by atoms with Crippen LogP contribution in [0.25, 0.3) is 0 Å². The van der Waals surface area contributed by atoms with Gasteiger partial charge in [-0.2, -0.15) is 17.5 Å². The zero-order chi connectivity index (χ0) is 14.7. The van der Waals surface area contributed by atoms with Crippen molar-refractivity contribution < 1.29 is 29.6 Å². The van der Waals surface area contributed by atoms with Crippen molar-refractivity contribution in [1.29, 1.82) is 0 Å². The summed E-state index contributed by atoms with van der Waals surface area (Å²) in [6.07, 6.45) is 12.9. The molecule has 0 spiro atoms. The van der Waals surface area contributed by atoms with Gasteiger partial charge in [0.1, 0.15) is 0 Å². The molecule has 0 rings (SSSR count). The van der Waals surface area contributed by atoms with Crippen LogP contribution >= 0.6 is 0 Å². The van der Waals surface area contributed by atoms with E-state index in [1.54, 1.807) is 0 Å². The molecule has 2 heteroatoms. The molecule has 3 atom stereocenters. The van der Waals surface area contributed by atoms with Gasteiger partial charge in [-0.1, -0.05) is 99.3 Å². The molecular formula is C18H40BNa. The number of hydrogen-bond acceptors (Lipinski definition) is 0. The van der Waals surface area contributed by atoms with E-state index in [-0.39, 0.29) is 36.3 Å². The van der Waals surface area contributed by atoms with E-state index in [1.807, 2.05) is 0 Å². The van der Waals surface area contributed by atoms with Gasteiger partial charge in [-0.25, -0.2) is 0 Å². The second-order valence-corrected chi connectivity index (χ2v) is 6.90. The Kier molecular flexibility index (Phi) is 17.5. The summed E-state index contributed by atoms with van der Waals surface area (Å²) in [6.45, 7) is 14.5. The Balaban J connectivity index is 0. The summed E-state index contributed by atoms with van der Waals surface area (Å²) in [7, 11) is 0. The fourth-order valence-electron chi connectivity index (χ4n) is 4.96. The maximum absolute atomic E-state index is 2.44. The number of hydrogen-bond donors (Lipinski definition) is 0. The molecule has 0 saturated heterocycles. The van der Waals surface area contributed by atoms with Gasteiger partial charge in [-0.3, -0.25) is 0 Å². The summed E-state index contributed by atoms with van der Waals surface area (Å²) in [5.74, 6) is 3.16. The third-order valence-corrected chi connectivity index (χ3v) is 5.82. The van der Waals surface area contributed by atoms with Gasteiger partial charge in [0.05, 0.1) is 0 Å². The summed E-state index contributed by atoms with van der Waals surface area (Å²) >= 11 is 0. The molecule has 0 heterocycles. The summed E-state index contributed by atoms with van der Waals surface area (Å²) in [4.78, 5) is 0. The molecule has 3 unspecified atom stereocenters. The van der Waals surface area contributed by atoms with Crippen LogP contribution in [0.15, 0.2) is 0 Å². The normalized spacial score (nSPS) is 17.1. The largest absolute Gasteiger partial charge is 1.00 e. The summed E-state index contributed by atoms with van der Waals surface area (Å²) in [6, 6.07) is 0. The SMILES string of the molecule is CCCC(CC)[BH-](C(CC)CCC)C(CC)CCC.[Na+]. The molecule has 0 N–H and O–H groups in total. The maximum Gasteiger partial charge on any atom is 1.00 e. The van der Waals surface area contributed by atoms with Crippen molar-refractivity contribution in [3.8, 4) is 0 Å². The molecule has 0 aliphatic carbocycles. The average Bonchev–Trinajstić information content (AvgIpc) is 2.43. The minimum atomic E-state index is 0. The predicted octanol–water partition coefficient (Wildman–Crippen LogP) is 3.96. The van der Waals surface area contributed by atoms with Gasteiger partial charge < -0.3 is 0 Å². The summed E-state index contributed by atoms with van der Waals surface area (Å²) < 4.78 is 0. The standard InChI is InChI=1S/C18H40B.Na/c1-7-13-16(10-4)19(17(11-5)14-8-2)18(12-6)15-9-3;/h16-19H,7-15H2,1-6H3;/q-1;+1. The predicted molar refractivity (Wildman–Crippen MR) is 94.0 cm³/mol. The molecule has 0 radical (unpaired) electrons. The van der Waals surface area contributed by atoms with E-state index in [2.05, 4.69) is 41.5 Å². The second-order valence-electron chi connectivity index (χ2n) is 6.90. The van der Waals surface area contributed by atoms with E-state index in [0.29, 0.717) is 0 Å². The molecular weight excluding hydrogens is 250 g/mol. The first-order valence-corrected chi connectivity index (χ1v) is 9.42. The summed E-state index contributed by atoms with van der Waals surface area (Å²) in [5.41, 5.74) is 0. The fraction of sp³-hybridized carbons (Fsp3) is 1.00. The summed E-state index contributed by atoms with van der Waals surface area (Å²) in [5, 5.41) is 0. The van der Waals surface area contributed by atoms with E-state index >= 15 is 0 Å². The first kappa shape index (κ1) is 23.3. The van der Waals surface area contributed by atoms with E-state index in [0.717, 1.165) is 17.5 Å². The van der Waals surface area contributed by atoms with Crippen molar-refractivity contribution in [2.75, 3.05) is 0 Å². The molecule has 0 fully saturated rings. The maximum atomic E-state index is 2.44. The Labute approximate surface area is 152 Å². The molecule has 0 saturated carbocycles. The van der Waals surface area contributed by atoms with Gasteiger partial charge in [0, 0.05) is 0 Å². The van der Waals surface area contributed by atoms with Crippen molar-refractivity contribution >= 4 is 6.71 Å². The van der Waals surface area contributed by atoms with E-state index in [4.69, 9.17) is 0 Å². The van der Waals surface area contributed by atoms with E-state index in [9.17, 15) is 0 Å². The van der Waals surface area contributed by atoms with Crippen LogP contribution in [0.2, 0.25) is 17.5 Å². The first-order valence-electron chi connectivity index (χ1n) is 9.42. The molecule has 0 nitrogen and oxygen atoms in total. The van der Waals surface area contributed by atoms with Crippen molar-refractivity contribution in [3.63, 3.8) is 0 Å². The van der Waals surface area contributed by atoms with Crippen molar-refractivity contribution in [1.82, 2.24) is 0 Å². The Morgan fingerprint density at radius 3 is 0.950 bits per heavy atom. The second kappa shape index (κ2) is 15.0. The number of rotatable bonds is 12.